The molecule has 3 aromatic rings. The number of likely N-dealkylation sites (N-methyl/N-ethyl adjacent to an activating group) is 1. The van der Waals surface area contributed by atoms with E-state index in [0.717, 1.165) is 0 Å². The molecule has 34 heteroatoms. The maximum absolute atomic E-state index is 15.0. The zero-order chi connectivity index (χ0) is 83.9. The molecule has 0 fully saturated rings. The van der Waals surface area contributed by atoms with E-state index in [4.69, 9.17) is 11.5 Å². The normalized spacial score (nSPS) is 23.0. The van der Waals surface area contributed by atoms with Gasteiger partial charge < -0.3 is 79.8 Å². The molecule has 0 saturated carbocycles. The van der Waals surface area contributed by atoms with E-state index in [2.05, 4.69) is 63.6 Å². The van der Waals surface area contributed by atoms with Crippen molar-refractivity contribution < 1.29 is 91.7 Å². The zero-order valence-electron chi connectivity index (χ0n) is 66.2. The van der Waals surface area contributed by atoms with E-state index in [1.165, 1.54) is 91.7 Å². The lowest BCUT2D eigenvalue weighted by Gasteiger charge is -2.33. The van der Waals surface area contributed by atoms with Crippen LogP contribution >= 0.6 is 0 Å². The van der Waals surface area contributed by atoms with Gasteiger partial charge in [0.15, 0.2) is 0 Å². The molecule has 4 rings (SSSR count). The van der Waals surface area contributed by atoms with Crippen LogP contribution in [0.15, 0.2) is 66.9 Å². The molecule has 113 heavy (non-hydrogen) atoms. The van der Waals surface area contributed by atoms with E-state index in [1.54, 1.807) is 37.4 Å². The number of hydrogen-bond acceptors (Lipinski definition) is 21. The van der Waals surface area contributed by atoms with Crippen LogP contribution in [0.5, 0.6) is 5.75 Å². The lowest BCUT2D eigenvalue weighted by Crippen LogP contribution is -2.62. The number of aromatic hydroxyl groups is 1. The fraction of sp³-hybridized carbons (Fsp3) is 0.582. The van der Waals surface area contributed by atoms with Crippen molar-refractivity contribution in [3.05, 3.63) is 78.0 Å². The summed E-state index contributed by atoms with van der Waals surface area (Å²) in [5.74, 6) is -16.6. The standard InChI is InChI=1S/C78H115N15O19.CH4/c1-43(2)36-53-41-82-57(30-32-61(79)96)67(103)65(101)46(5)84-73(109)60(38-52-40-81-56-25-21-20-24-55(52)56)89-74(110)59(37-51-26-28-54(95)29-27-51)88-72(108)58(31-33-63(98)99)90-75(111)77(10,39-44(3)94)34-22-18-16-14-13-15-17-19-23-35-78(11,91-71(53)107)76(112)87-50(9)70(106)86-49(8)69(105)85-48(7)68(104)83-45(4)64(100)66(102)47(6)92-93(12)42-62(80)97;/h15,17,20-21,24-29,40,43,45-50,53,57-60,81-82,92,95H,13-14,16,18-19,22-23,30-39,41-42H2,1-12H3,(H2,79,96)(H2,80,97)(H,83,104)(H,84,109)(H,85,105)(H,86,106)(H,87,112)(H,88,108)(H,89,110)(H,90,111)(H,91,107)(H,98,99);1H4/b17-15+;/t45-,46?,47-,48?,49-,50?,53+,57-,58-,59?,60-,77-,78-;/m0./s1. The van der Waals surface area contributed by atoms with Crippen molar-refractivity contribution in [3.63, 3.8) is 0 Å². The number of ketones is 5. The van der Waals surface area contributed by atoms with Crippen molar-refractivity contribution in [2.24, 2.45) is 28.7 Å². The summed E-state index contributed by atoms with van der Waals surface area (Å²) in [7, 11) is 1.43. The van der Waals surface area contributed by atoms with E-state index < -0.39 is 191 Å². The highest BCUT2D eigenvalue weighted by Gasteiger charge is 2.42. The second-order valence-corrected chi connectivity index (χ2v) is 30.1. The van der Waals surface area contributed by atoms with Crippen LogP contribution in [0.3, 0.4) is 0 Å². The summed E-state index contributed by atoms with van der Waals surface area (Å²) in [5.41, 5.74) is 11.8. The van der Waals surface area contributed by atoms with Crippen LogP contribution in [-0.4, -0.2) is 206 Å². The summed E-state index contributed by atoms with van der Waals surface area (Å²) in [6.07, 6.45) is 6.80. The average molecular weight is 1580 g/mol. The van der Waals surface area contributed by atoms with Crippen molar-refractivity contribution >= 4 is 111 Å². The van der Waals surface area contributed by atoms with Crippen LogP contribution in [0.1, 0.15) is 191 Å². The highest BCUT2D eigenvalue weighted by Crippen LogP contribution is 2.31. The van der Waals surface area contributed by atoms with Gasteiger partial charge in [-0.05, 0) is 148 Å². The van der Waals surface area contributed by atoms with Crippen LogP contribution in [0.25, 0.3) is 10.9 Å². The Kier molecular flexibility index (Phi) is 39.7. The Bertz CT molecular complexity index is 3900. The number of rotatable bonds is 29. The van der Waals surface area contributed by atoms with Crippen molar-refractivity contribution in [2.75, 3.05) is 20.1 Å². The third-order valence-corrected chi connectivity index (χ3v) is 19.3. The van der Waals surface area contributed by atoms with Gasteiger partial charge in [-0.25, -0.2) is 10.4 Å². The number of hydrogen-bond donors (Lipinski definition) is 16. The van der Waals surface area contributed by atoms with Gasteiger partial charge >= 0.3 is 5.97 Å². The van der Waals surface area contributed by atoms with Crippen molar-refractivity contribution in [3.8, 4) is 5.75 Å². The number of amides is 11. The number of aliphatic carboxylic acids is 1. The lowest BCUT2D eigenvalue weighted by molar-refractivity contribution is -0.140. The Morgan fingerprint density at radius 2 is 1.14 bits per heavy atom. The minimum absolute atomic E-state index is 0. The number of Topliss-reactive ketones (excluding diaryl/α,β-unsaturated/α-hetero) is 5. The van der Waals surface area contributed by atoms with E-state index in [0.29, 0.717) is 67.0 Å². The number of para-hydroxylation sites is 1. The summed E-state index contributed by atoms with van der Waals surface area (Å²) in [4.78, 5) is 236. The van der Waals surface area contributed by atoms with Crippen molar-refractivity contribution in [1.29, 1.82) is 0 Å². The number of hydrazine groups is 1. The molecule has 4 unspecified atom stereocenters. The van der Waals surface area contributed by atoms with E-state index in [9.17, 15) is 91.7 Å². The van der Waals surface area contributed by atoms with Gasteiger partial charge in [0.1, 0.15) is 53.3 Å². The SMILES string of the molecule is C.CC(=O)C[C@]1(C)CCCCCC/C=C/CCC[C@@](C)(C(=O)NC(C)C(=O)N[C@@H](C)C(=O)NC(C)C(=O)N[C@@H](C)C(=O)C(=O)[C@H](C)NN(C)CC(N)=O)NC(=O)[C@H](CC(C)C)CN[C@@H](CCC(N)=O)C(=O)C(=O)C(C)NC(=O)[C@H](Cc2c[nH]c3ccccc23)NC(=O)C(Cc2ccc(O)cc2)NC(=O)[C@H](CCC(=O)O)NC1=O. The first-order valence-electron chi connectivity index (χ1n) is 37.9. The molecule has 13 atom stereocenters. The van der Waals surface area contributed by atoms with Gasteiger partial charge in [0.25, 0.3) is 0 Å². The molecule has 34 nitrogen and oxygen atoms in total. The number of phenols is 1. The van der Waals surface area contributed by atoms with Crippen LogP contribution in [0, 0.1) is 17.3 Å². The van der Waals surface area contributed by atoms with Crippen molar-refractivity contribution in [1.82, 2.24) is 68.6 Å². The molecule has 11 amide bonds. The third-order valence-electron chi connectivity index (χ3n) is 19.3. The van der Waals surface area contributed by atoms with Gasteiger partial charge in [-0.2, -0.15) is 0 Å². The average Bonchev–Trinajstić information content (AvgIpc) is 1.76. The van der Waals surface area contributed by atoms with E-state index in [1.807, 2.05) is 26.0 Å². The predicted molar refractivity (Wildman–Crippen MR) is 419 cm³/mol. The first kappa shape index (κ1) is 96.6. The topological polar surface area (TPSA) is 534 Å². The Balaban J connectivity index is 0.0000331. The number of carbonyl (C=O) groups excluding carboxylic acids is 16. The van der Waals surface area contributed by atoms with Gasteiger partial charge in [-0.1, -0.05) is 89.9 Å². The second-order valence-electron chi connectivity index (χ2n) is 30.1. The molecule has 1 aliphatic rings. The predicted octanol–water partition coefficient (Wildman–Crippen LogP) is 1.55. The van der Waals surface area contributed by atoms with Gasteiger partial charge in [0.2, 0.25) is 88.1 Å². The number of nitrogens with one attached hydrogen (secondary N) is 12. The lowest BCUT2D eigenvalue weighted by atomic mass is 9.79. The summed E-state index contributed by atoms with van der Waals surface area (Å²) in [6, 6.07) is -1.72. The smallest absolute Gasteiger partial charge is 0.303 e. The molecule has 0 radical (unpaired) electrons. The molecule has 18 N–H and O–H groups in total. The number of phenolic OH excluding ortho intramolecular Hbond substituents is 1. The van der Waals surface area contributed by atoms with Crippen molar-refractivity contribution in [2.45, 2.75) is 259 Å². The maximum Gasteiger partial charge on any atom is 0.303 e. The molecular formula is C79H119N15O19. The minimum atomic E-state index is -1.78. The molecule has 0 spiro atoms. The van der Waals surface area contributed by atoms with Crippen LogP contribution in [0.4, 0.5) is 0 Å². The molecule has 2 heterocycles. The molecular weight excluding hydrogens is 1460 g/mol. The number of carboxylic acids is 1. The number of carbonyl (C=O) groups is 17. The zero-order valence-corrected chi connectivity index (χ0v) is 66.2. The quantitative estimate of drug-likeness (QED) is 0.0266. The van der Waals surface area contributed by atoms with Crippen LogP contribution in [-0.2, 0) is 94.3 Å². The monoisotopic (exact) mass is 1580 g/mol. The molecule has 2 aromatic carbocycles. The molecule has 0 bridgehead atoms. The first-order chi connectivity index (χ1) is 52.5. The van der Waals surface area contributed by atoms with E-state index in [-0.39, 0.29) is 82.9 Å². The Morgan fingerprint density at radius 1 is 0.602 bits per heavy atom. The number of carboxylic acid groups (broad SMARTS) is 1. The third kappa shape index (κ3) is 32.2. The van der Waals surface area contributed by atoms with Gasteiger partial charge in [0.05, 0.1) is 42.0 Å². The highest BCUT2D eigenvalue weighted by molar-refractivity contribution is 6.41. The molecule has 0 aliphatic carbocycles. The van der Waals surface area contributed by atoms with Gasteiger partial charge in [-0.15, -0.1) is 0 Å². The number of H-pyrrole nitrogens is 1. The summed E-state index contributed by atoms with van der Waals surface area (Å²) >= 11 is 0. The summed E-state index contributed by atoms with van der Waals surface area (Å²) in [5, 5.41) is 48.3. The summed E-state index contributed by atoms with van der Waals surface area (Å²) < 4.78 is 0. The Labute approximate surface area is 659 Å². The molecule has 1 aromatic heterocycles. The van der Waals surface area contributed by atoms with Gasteiger partial charge in [-0.3, -0.25) is 81.5 Å². The Morgan fingerprint density at radius 3 is 1.73 bits per heavy atom. The fourth-order valence-electron chi connectivity index (χ4n) is 12.8. The number of primary amides is 2. The molecule has 624 valence electrons. The summed E-state index contributed by atoms with van der Waals surface area (Å²) in [6.45, 7) is 15.1. The first-order valence-corrected chi connectivity index (χ1v) is 37.9. The number of nitrogens with zero attached hydrogens (tertiary/aromatic N) is 1. The highest BCUT2D eigenvalue weighted by atomic mass is 16.4. The maximum atomic E-state index is 15.0. The Hall–Kier alpha value is -10.6. The molecule has 1 aliphatic heterocycles. The number of fused-ring (bicyclic) bond motifs is 1. The largest absolute Gasteiger partial charge is 0.508 e. The molecule has 0 saturated heterocycles. The van der Waals surface area contributed by atoms with E-state index >= 15 is 0 Å². The number of allylic oxidation sites excluding steroid dienone is 2. The number of aromatic nitrogens is 1. The van der Waals surface area contributed by atoms with Crippen LogP contribution in [0.2, 0.25) is 0 Å². The number of nitrogens with two attached hydrogens (primary N) is 2. The number of benzene rings is 2. The second kappa shape index (κ2) is 46.4. The van der Waals surface area contributed by atoms with Gasteiger partial charge in [0, 0.05) is 62.8 Å². The fourth-order valence-corrected chi connectivity index (χ4v) is 12.8. The minimum Gasteiger partial charge on any atom is -0.508 e. The number of aromatic amines is 1. The van der Waals surface area contributed by atoms with Crippen LogP contribution < -0.4 is 70.1 Å².